The lowest BCUT2D eigenvalue weighted by molar-refractivity contribution is -0.152. The first-order valence-corrected chi connectivity index (χ1v) is 8.02. The summed E-state index contributed by atoms with van der Waals surface area (Å²) in [5.41, 5.74) is 6.57. The Labute approximate surface area is 145 Å². The standard InChI is InChI=1S/C19H19NO5/c1-12-13-6-2-5-9-16(13)25-17(12)19(22)24-11-10-23-15-8-4-3-7-14(15)18(20)21/h2-9,12,17H,10-11H2,1H3,(H2,20,21)/t12-,17+/m1/s1. The molecule has 0 saturated heterocycles. The van der Waals surface area contributed by atoms with E-state index in [0.717, 1.165) is 5.56 Å². The summed E-state index contributed by atoms with van der Waals surface area (Å²) >= 11 is 0. The molecule has 0 radical (unpaired) electrons. The third kappa shape index (κ3) is 3.57. The molecule has 0 fully saturated rings. The largest absolute Gasteiger partial charge is 0.489 e. The molecule has 25 heavy (non-hydrogen) atoms. The number of primary amides is 1. The zero-order chi connectivity index (χ0) is 17.8. The van der Waals surface area contributed by atoms with Crippen LogP contribution in [0.25, 0.3) is 0 Å². The Balaban J connectivity index is 1.51. The van der Waals surface area contributed by atoms with Gasteiger partial charge in [0.25, 0.3) is 5.91 Å². The van der Waals surface area contributed by atoms with Crippen LogP contribution in [0.3, 0.4) is 0 Å². The minimum atomic E-state index is -0.657. The van der Waals surface area contributed by atoms with Gasteiger partial charge in [-0.1, -0.05) is 37.3 Å². The van der Waals surface area contributed by atoms with E-state index < -0.39 is 18.0 Å². The van der Waals surface area contributed by atoms with Gasteiger partial charge in [-0.3, -0.25) is 4.79 Å². The van der Waals surface area contributed by atoms with Crippen molar-refractivity contribution in [3.05, 3.63) is 59.7 Å². The van der Waals surface area contributed by atoms with Gasteiger partial charge in [0.05, 0.1) is 5.56 Å². The molecule has 1 heterocycles. The highest BCUT2D eigenvalue weighted by atomic mass is 16.6. The number of carbonyl (C=O) groups is 2. The number of amides is 1. The number of esters is 1. The monoisotopic (exact) mass is 341 g/mol. The van der Waals surface area contributed by atoms with Crippen molar-refractivity contribution >= 4 is 11.9 Å². The van der Waals surface area contributed by atoms with Gasteiger partial charge in [0.2, 0.25) is 6.10 Å². The van der Waals surface area contributed by atoms with Crippen LogP contribution in [0.4, 0.5) is 0 Å². The first kappa shape index (κ1) is 16.8. The summed E-state index contributed by atoms with van der Waals surface area (Å²) in [7, 11) is 0. The maximum absolute atomic E-state index is 12.2. The zero-order valence-corrected chi connectivity index (χ0v) is 13.8. The molecule has 0 unspecified atom stereocenters. The Hall–Kier alpha value is -3.02. The fraction of sp³-hybridized carbons (Fsp3) is 0.263. The van der Waals surface area contributed by atoms with Crippen LogP contribution in [0.1, 0.15) is 28.8 Å². The van der Waals surface area contributed by atoms with E-state index in [1.54, 1.807) is 24.3 Å². The number of hydrogen-bond acceptors (Lipinski definition) is 5. The number of carbonyl (C=O) groups excluding carboxylic acids is 2. The van der Waals surface area contributed by atoms with Gasteiger partial charge < -0.3 is 19.9 Å². The summed E-state index contributed by atoms with van der Waals surface area (Å²) < 4.78 is 16.4. The van der Waals surface area contributed by atoms with Crippen LogP contribution in [-0.2, 0) is 9.53 Å². The molecule has 0 spiro atoms. The Bertz CT molecular complexity index is 789. The number of benzene rings is 2. The third-order valence-corrected chi connectivity index (χ3v) is 4.09. The molecule has 2 aromatic carbocycles. The average molecular weight is 341 g/mol. The van der Waals surface area contributed by atoms with Crippen molar-refractivity contribution in [3.63, 3.8) is 0 Å². The molecular formula is C19H19NO5. The van der Waals surface area contributed by atoms with Gasteiger partial charge in [0, 0.05) is 11.5 Å². The second kappa shape index (κ2) is 7.25. The summed E-state index contributed by atoms with van der Waals surface area (Å²) in [5, 5.41) is 0. The number of para-hydroxylation sites is 2. The van der Waals surface area contributed by atoms with Crippen molar-refractivity contribution < 1.29 is 23.8 Å². The Morgan fingerprint density at radius 1 is 1.08 bits per heavy atom. The van der Waals surface area contributed by atoms with E-state index in [4.69, 9.17) is 19.9 Å². The van der Waals surface area contributed by atoms with E-state index >= 15 is 0 Å². The van der Waals surface area contributed by atoms with E-state index in [9.17, 15) is 9.59 Å². The van der Waals surface area contributed by atoms with Crippen LogP contribution < -0.4 is 15.2 Å². The number of ether oxygens (including phenoxy) is 3. The molecule has 0 aliphatic carbocycles. The second-order valence-corrected chi connectivity index (χ2v) is 5.74. The molecule has 1 amide bonds. The molecule has 1 aliphatic rings. The van der Waals surface area contributed by atoms with Crippen molar-refractivity contribution in [2.45, 2.75) is 18.9 Å². The fourth-order valence-corrected chi connectivity index (χ4v) is 2.79. The van der Waals surface area contributed by atoms with E-state index in [-0.39, 0.29) is 24.7 Å². The predicted octanol–water partition coefficient (Wildman–Crippen LogP) is 2.27. The molecule has 0 aromatic heterocycles. The topological polar surface area (TPSA) is 87.8 Å². The quantitative estimate of drug-likeness (QED) is 0.643. The molecule has 130 valence electrons. The lowest BCUT2D eigenvalue weighted by atomic mass is 9.98. The van der Waals surface area contributed by atoms with Crippen molar-refractivity contribution in [2.24, 2.45) is 5.73 Å². The molecule has 6 nitrogen and oxygen atoms in total. The van der Waals surface area contributed by atoms with Crippen LogP contribution in [0.2, 0.25) is 0 Å². The third-order valence-electron chi connectivity index (χ3n) is 4.09. The van der Waals surface area contributed by atoms with Gasteiger partial charge in [-0.25, -0.2) is 4.79 Å². The first-order chi connectivity index (χ1) is 12.1. The lowest BCUT2D eigenvalue weighted by Gasteiger charge is -2.15. The number of rotatable bonds is 6. The van der Waals surface area contributed by atoms with Gasteiger partial charge in [0.1, 0.15) is 24.7 Å². The van der Waals surface area contributed by atoms with E-state index in [1.165, 1.54) is 0 Å². The smallest absolute Gasteiger partial charge is 0.348 e. The highest BCUT2D eigenvalue weighted by molar-refractivity contribution is 5.95. The number of fused-ring (bicyclic) bond motifs is 1. The fourth-order valence-electron chi connectivity index (χ4n) is 2.79. The van der Waals surface area contributed by atoms with Crippen LogP contribution in [-0.4, -0.2) is 31.2 Å². The van der Waals surface area contributed by atoms with Gasteiger partial charge in [-0.2, -0.15) is 0 Å². The molecular weight excluding hydrogens is 322 g/mol. The molecule has 2 aromatic rings. The summed E-state index contributed by atoms with van der Waals surface area (Å²) in [6.45, 7) is 2.09. The van der Waals surface area contributed by atoms with E-state index in [1.807, 2.05) is 31.2 Å². The number of nitrogens with two attached hydrogens (primary N) is 1. The molecule has 6 heteroatoms. The van der Waals surface area contributed by atoms with Crippen molar-refractivity contribution in [1.29, 1.82) is 0 Å². The highest BCUT2D eigenvalue weighted by Crippen LogP contribution is 2.37. The Kier molecular flexibility index (Phi) is 4.88. The van der Waals surface area contributed by atoms with Crippen LogP contribution in [0, 0.1) is 0 Å². The average Bonchev–Trinajstić information content (AvgIpc) is 2.96. The number of hydrogen-bond donors (Lipinski definition) is 1. The molecule has 3 rings (SSSR count). The van der Waals surface area contributed by atoms with Gasteiger partial charge in [0.15, 0.2) is 0 Å². The first-order valence-electron chi connectivity index (χ1n) is 8.02. The Morgan fingerprint density at radius 3 is 2.56 bits per heavy atom. The normalized spacial score (nSPS) is 18.1. The van der Waals surface area contributed by atoms with E-state index in [2.05, 4.69) is 0 Å². The van der Waals surface area contributed by atoms with Crippen LogP contribution in [0.15, 0.2) is 48.5 Å². The summed E-state index contributed by atoms with van der Waals surface area (Å²) in [6, 6.07) is 14.2. The summed E-state index contributed by atoms with van der Waals surface area (Å²) in [6.07, 6.45) is -0.657. The predicted molar refractivity (Wildman–Crippen MR) is 90.7 cm³/mol. The highest BCUT2D eigenvalue weighted by Gasteiger charge is 2.37. The van der Waals surface area contributed by atoms with Crippen molar-refractivity contribution in [2.75, 3.05) is 13.2 Å². The lowest BCUT2D eigenvalue weighted by Crippen LogP contribution is -2.31. The minimum Gasteiger partial charge on any atom is -0.489 e. The van der Waals surface area contributed by atoms with E-state index in [0.29, 0.717) is 11.5 Å². The van der Waals surface area contributed by atoms with Crippen molar-refractivity contribution in [3.8, 4) is 11.5 Å². The SMILES string of the molecule is C[C@@H]1c2ccccc2O[C@@H]1C(=O)OCCOc1ccccc1C(N)=O. The Morgan fingerprint density at radius 2 is 1.80 bits per heavy atom. The van der Waals surface area contributed by atoms with Gasteiger partial charge >= 0.3 is 5.97 Å². The molecule has 2 N–H and O–H groups in total. The molecule has 0 bridgehead atoms. The zero-order valence-electron chi connectivity index (χ0n) is 13.8. The molecule has 1 aliphatic heterocycles. The maximum atomic E-state index is 12.2. The van der Waals surface area contributed by atoms with Crippen LogP contribution >= 0.6 is 0 Å². The van der Waals surface area contributed by atoms with Crippen molar-refractivity contribution in [1.82, 2.24) is 0 Å². The molecule has 0 saturated carbocycles. The maximum Gasteiger partial charge on any atom is 0.348 e. The minimum absolute atomic E-state index is 0.0505. The second-order valence-electron chi connectivity index (χ2n) is 5.74. The van der Waals surface area contributed by atoms with Crippen LogP contribution in [0.5, 0.6) is 11.5 Å². The van der Waals surface area contributed by atoms with Gasteiger partial charge in [-0.15, -0.1) is 0 Å². The summed E-state index contributed by atoms with van der Waals surface area (Å²) in [4.78, 5) is 23.6. The summed E-state index contributed by atoms with van der Waals surface area (Å²) in [5.74, 6) is 0.00163. The molecule has 2 atom stereocenters. The van der Waals surface area contributed by atoms with Gasteiger partial charge in [-0.05, 0) is 18.2 Å².